The number of aromatic nitrogens is 2. The Labute approximate surface area is 166 Å². The fourth-order valence-electron chi connectivity index (χ4n) is 3.15. The molecule has 1 aliphatic heterocycles. The number of benzene rings is 1. The summed E-state index contributed by atoms with van der Waals surface area (Å²) < 4.78 is 5.21. The van der Waals surface area contributed by atoms with E-state index in [9.17, 15) is 4.79 Å². The minimum absolute atomic E-state index is 0.0596. The molecule has 150 valence electrons. The Bertz CT molecular complexity index is 753. The number of methoxy groups -OCH3 is 1. The van der Waals surface area contributed by atoms with Crippen LogP contribution in [0.2, 0.25) is 0 Å². The SMILES string of the molecule is COc1ccc(N2CCN(C(=O)c3ccc(NCCC(C)C)nn3)CC2)cc1. The Morgan fingerprint density at radius 3 is 2.36 bits per heavy atom. The molecule has 1 fully saturated rings. The minimum Gasteiger partial charge on any atom is -0.497 e. The third-order valence-electron chi connectivity index (χ3n) is 4.92. The number of rotatable bonds is 7. The third kappa shape index (κ3) is 5.12. The summed E-state index contributed by atoms with van der Waals surface area (Å²) in [6.45, 7) is 8.14. The van der Waals surface area contributed by atoms with Crippen molar-refractivity contribution >= 4 is 17.4 Å². The van der Waals surface area contributed by atoms with Crippen LogP contribution in [0.15, 0.2) is 36.4 Å². The molecule has 3 rings (SSSR count). The maximum atomic E-state index is 12.7. The standard InChI is InChI=1S/C21H29N5O2/c1-16(2)10-11-22-20-9-8-19(23-24-20)21(27)26-14-12-25(13-15-26)17-4-6-18(28-3)7-5-17/h4-9,16H,10-15H2,1-3H3,(H,22,24). The summed E-state index contributed by atoms with van der Waals surface area (Å²) in [7, 11) is 1.66. The Hall–Kier alpha value is -2.83. The van der Waals surface area contributed by atoms with Crippen molar-refractivity contribution in [2.24, 2.45) is 5.92 Å². The lowest BCUT2D eigenvalue weighted by atomic mass is 10.1. The molecule has 0 unspecified atom stereocenters. The molecule has 0 radical (unpaired) electrons. The Balaban J connectivity index is 1.51. The number of anilines is 2. The smallest absolute Gasteiger partial charge is 0.274 e. The molecular weight excluding hydrogens is 354 g/mol. The van der Waals surface area contributed by atoms with Gasteiger partial charge in [0.25, 0.3) is 5.91 Å². The molecule has 0 bridgehead atoms. The molecule has 0 spiro atoms. The summed E-state index contributed by atoms with van der Waals surface area (Å²) in [6.07, 6.45) is 1.07. The van der Waals surface area contributed by atoms with Gasteiger partial charge in [-0.1, -0.05) is 13.8 Å². The Morgan fingerprint density at radius 2 is 1.79 bits per heavy atom. The third-order valence-corrected chi connectivity index (χ3v) is 4.92. The average molecular weight is 383 g/mol. The van der Waals surface area contributed by atoms with Crippen LogP contribution in [0.5, 0.6) is 5.75 Å². The van der Waals surface area contributed by atoms with Crippen LogP contribution in [-0.2, 0) is 0 Å². The number of carbonyl (C=O) groups is 1. The molecule has 0 atom stereocenters. The van der Waals surface area contributed by atoms with Crippen LogP contribution < -0.4 is 15.0 Å². The number of ether oxygens (including phenoxy) is 1. The van der Waals surface area contributed by atoms with E-state index >= 15 is 0 Å². The first-order chi connectivity index (χ1) is 13.6. The molecule has 1 aliphatic rings. The van der Waals surface area contributed by atoms with Crippen LogP contribution in [0.4, 0.5) is 11.5 Å². The van der Waals surface area contributed by atoms with Gasteiger partial charge in [0.1, 0.15) is 11.6 Å². The maximum absolute atomic E-state index is 12.7. The molecule has 1 aromatic heterocycles. The zero-order valence-corrected chi connectivity index (χ0v) is 16.9. The maximum Gasteiger partial charge on any atom is 0.274 e. The summed E-state index contributed by atoms with van der Waals surface area (Å²) in [6, 6.07) is 11.6. The normalized spacial score (nSPS) is 14.3. The number of carbonyl (C=O) groups excluding carboxylic acids is 1. The molecule has 28 heavy (non-hydrogen) atoms. The van der Waals surface area contributed by atoms with Gasteiger partial charge in [0, 0.05) is 38.4 Å². The van der Waals surface area contributed by atoms with Crippen molar-refractivity contribution in [3.8, 4) is 5.75 Å². The van der Waals surface area contributed by atoms with Gasteiger partial charge < -0.3 is 19.9 Å². The summed E-state index contributed by atoms with van der Waals surface area (Å²) in [5, 5.41) is 11.5. The predicted molar refractivity (Wildman–Crippen MR) is 111 cm³/mol. The average Bonchev–Trinajstić information content (AvgIpc) is 2.74. The Morgan fingerprint density at radius 1 is 1.07 bits per heavy atom. The van der Waals surface area contributed by atoms with Crippen molar-refractivity contribution in [1.29, 1.82) is 0 Å². The minimum atomic E-state index is -0.0596. The Kier molecular flexibility index (Phi) is 6.68. The van der Waals surface area contributed by atoms with E-state index in [0.29, 0.717) is 30.5 Å². The molecule has 1 aromatic carbocycles. The van der Waals surface area contributed by atoms with Crippen LogP contribution in [0.1, 0.15) is 30.8 Å². The van der Waals surface area contributed by atoms with E-state index in [1.165, 1.54) is 0 Å². The van der Waals surface area contributed by atoms with E-state index in [2.05, 4.69) is 34.3 Å². The molecule has 2 heterocycles. The van der Waals surface area contributed by atoms with Gasteiger partial charge in [-0.3, -0.25) is 4.79 Å². The highest BCUT2D eigenvalue weighted by atomic mass is 16.5. The summed E-state index contributed by atoms with van der Waals surface area (Å²) in [4.78, 5) is 16.8. The fraction of sp³-hybridized carbons (Fsp3) is 0.476. The van der Waals surface area contributed by atoms with Crippen molar-refractivity contribution in [2.45, 2.75) is 20.3 Å². The highest BCUT2D eigenvalue weighted by Crippen LogP contribution is 2.21. The van der Waals surface area contributed by atoms with Gasteiger partial charge in [-0.05, 0) is 48.7 Å². The number of piperazine rings is 1. The second-order valence-corrected chi connectivity index (χ2v) is 7.39. The van der Waals surface area contributed by atoms with Gasteiger partial charge in [0.05, 0.1) is 7.11 Å². The summed E-state index contributed by atoms with van der Waals surface area (Å²) >= 11 is 0. The quantitative estimate of drug-likeness (QED) is 0.793. The second-order valence-electron chi connectivity index (χ2n) is 7.39. The number of nitrogens with zero attached hydrogens (tertiary/aromatic N) is 4. The molecule has 1 saturated heterocycles. The molecule has 0 saturated carbocycles. The van der Waals surface area contributed by atoms with Crippen molar-refractivity contribution < 1.29 is 9.53 Å². The van der Waals surface area contributed by atoms with Crippen LogP contribution in [0, 0.1) is 5.92 Å². The lowest BCUT2D eigenvalue weighted by molar-refractivity contribution is 0.0739. The molecule has 0 aliphatic carbocycles. The number of hydrogen-bond acceptors (Lipinski definition) is 6. The number of amides is 1. The molecule has 1 N–H and O–H groups in total. The topological polar surface area (TPSA) is 70.6 Å². The van der Waals surface area contributed by atoms with E-state index in [4.69, 9.17) is 4.74 Å². The number of nitrogens with one attached hydrogen (secondary N) is 1. The highest BCUT2D eigenvalue weighted by Gasteiger charge is 2.23. The van der Waals surface area contributed by atoms with E-state index in [0.717, 1.165) is 37.5 Å². The van der Waals surface area contributed by atoms with E-state index in [1.54, 1.807) is 13.2 Å². The highest BCUT2D eigenvalue weighted by molar-refractivity contribution is 5.92. The van der Waals surface area contributed by atoms with Crippen LogP contribution in [0.25, 0.3) is 0 Å². The zero-order valence-electron chi connectivity index (χ0n) is 16.9. The van der Waals surface area contributed by atoms with E-state index < -0.39 is 0 Å². The lowest BCUT2D eigenvalue weighted by Gasteiger charge is -2.36. The largest absolute Gasteiger partial charge is 0.497 e. The van der Waals surface area contributed by atoms with Gasteiger partial charge in [-0.15, -0.1) is 10.2 Å². The van der Waals surface area contributed by atoms with Crippen LogP contribution in [0.3, 0.4) is 0 Å². The molecule has 1 amide bonds. The molecule has 7 nitrogen and oxygen atoms in total. The van der Waals surface area contributed by atoms with E-state index in [1.807, 2.05) is 35.2 Å². The first-order valence-electron chi connectivity index (χ1n) is 9.82. The summed E-state index contributed by atoms with van der Waals surface area (Å²) in [5.41, 5.74) is 1.54. The van der Waals surface area contributed by atoms with E-state index in [-0.39, 0.29) is 5.91 Å². The first-order valence-corrected chi connectivity index (χ1v) is 9.82. The van der Waals surface area contributed by atoms with Gasteiger partial charge in [-0.25, -0.2) is 0 Å². The molecule has 2 aromatic rings. The van der Waals surface area contributed by atoms with Gasteiger partial charge in [-0.2, -0.15) is 0 Å². The lowest BCUT2D eigenvalue weighted by Crippen LogP contribution is -2.49. The zero-order chi connectivity index (χ0) is 19.9. The summed E-state index contributed by atoms with van der Waals surface area (Å²) in [5.74, 6) is 2.13. The van der Waals surface area contributed by atoms with Gasteiger partial charge >= 0.3 is 0 Å². The first kappa shape index (κ1) is 19.9. The van der Waals surface area contributed by atoms with Gasteiger partial charge in [0.15, 0.2) is 5.69 Å². The predicted octanol–water partition coefficient (Wildman–Crippen LogP) is 2.91. The van der Waals surface area contributed by atoms with Gasteiger partial charge in [0.2, 0.25) is 0 Å². The molecule has 7 heteroatoms. The van der Waals surface area contributed by atoms with Crippen LogP contribution >= 0.6 is 0 Å². The van der Waals surface area contributed by atoms with Crippen molar-refractivity contribution in [1.82, 2.24) is 15.1 Å². The second kappa shape index (κ2) is 9.39. The van der Waals surface area contributed by atoms with Crippen molar-refractivity contribution in [2.75, 3.05) is 50.1 Å². The van der Waals surface area contributed by atoms with Crippen molar-refractivity contribution in [3.63, 3.8) is 0 Å². The van der Waals surface area contributed by atoms with Crippen molar-refractivity contribution in [3.05, 3.63) is 42.1 Å². The number of hydrogen-bond donors (Lipinski definition) is 1. The fourth-order valence-corrected chi connectivity index (χ4v) is 3.15. The van der Waals surface area contributed by atoms with Crippen LogP contribution in [-0.4, -0.2) is 60.8 Å². The molecular formula is C21H29N5O2. The monoisotopic (exact) mass is 383 g/mol.